The molecule has 1 amide bonds. The van der Waals surface area contributed by atoms with Crippen molar-refractivity contribution in [1.29, 1.82) is 0 Å². The minimum absolute atomic E-state index is 0.0673. The van der Waals surface area contributed by atoms with Crippen LogP contribution in [0.3, 0.4) is 0 Å². The highest BCUT2D eigenvalue weighted by Gasteiger charge is 2.10. The van der Waals surface area contributed by atoms with Gasteiger partial charge in [-0.1, -0.05) is 15.9 Å². The second kappa shape index (κ2) is 7.17. The zero-order valence-electron chi connectivity index (χ0n) is 9.70. The van der Waals surface area contributed by atoms with E-state index in [1.165, 1.54) is 13.2 Å². The van der Waals surface area contributed by atoms with Crippen molar-refractivity contribution < 1.29 is 14.6 Å². The van der Waals surface area contributed by atoms with Crippen molar-refractivity contribution in [3.8, 4) is 11.5 Å². The zero-order valence-corrected chi connectivity index (χ0v) is 11.3. The largest absolute Gasteiger partial charge is 0.507 e. The zero-order chi connectivity index (χ0) is 12.7. The molecular weight excluding hydrogens is 286 g/mol. The molecule has 0 radical (unpaired) electrons. The lowest BCUT2D eigenvalue weighted by atomic mass is 10.1. The number of benzene rings is 1. The van der Waals surface area contributed by atoms with Crippen LogP contribution in [0.15, 0.2) is 18.2 Å². The first kappa shape index (κ1) is 13.8. The molecule has 1 aromatic rings. The van der Waals surface area contributed by atoms with Crippen LogP contribution in [0.1, 0.15) is 23.2 Å². The second-order valence-corrected chi connectivity index (χ2v) is 4.33. The van der Waals surface area contributed by atoms with Crippen molar-refractivity contribution in [2.24, 2.45) is 0 Å². The first-order valence-electron chi connectivity index (χ1n) is 5.40. The third-order valence-corrected chi connectivity index (χ3v) is 2.86. The van der Waals surface area contributed by atoms with Crippen LogP contribution in [-0.2, 0) is 0 Å². The number of carbonyl (C=O) groups is 1. The fraction of sp³-hybridized carbons (Fsp3) is 0.417. The lowest BCUT2D eigenvalue weighted by Gasteiger charge is -2.07. The van der Waals surface area contributed by atoms with Gasteiger partial charge in [-0.3, -0.25) is 4.79 Å². The molecular formula is C12H16BrNO3. The molecule has 0 spiro atoms. The number of ether oxygens (including phenoxy) is 1. The fourth-order valence-electron chi connectivity index (χ4n) is 1.35. The normalized spacial score (nSPS) is 10.0. The molecule has 1 aromatic carbocycles. The van der Waals surface area contributed by atoms with E-state index in [0.29, 0.717) is 12.3 Å². The number of amides is 1. The van der Waals surface area contributed by atoms with Crippen LogP contribution in [0.5, 0.6) is 11.5 Å². The maximum absolute atomic E-state index is 11.7. The molecule has 2 N–H and O–H groups in total. The molecule has 94 valence electrons. The molecule has 1 rings (SSSR count). The van der Waals surface area contributed by atoms with E-state index in [0.717, 1.165) is 18.2 Å². The van der Waals surface area contributed by atoms with Crippen molar-refractivity contribution in [1.82, 2.24) is 5.32 Å². The van der Waals surface area contributed by atoms with Crippen molar-refractivity contribution in [3.63, 3.8) is 0 Å². The Kier molecular flexibility index (Phi) is 5.83. The van der Waals surface area contributed by atoms with Gasteiger partial charge in [0.15, 0.2) is 0 Å². The summed E-state index contributed by atoms with van der Waals surface area (Å²) in [6.45, 7) is 0.607. The number of rotatable bonds is 6. The third-order valence-electron chi connectivity index (χ3n) is 2.30. The van der Waals surface area contributed by atoms with Gasteiger partial charge in [0.2, 0.25) is 0 Å². The van der Waals surface area contributed by atoms with Gasteiger partial charge in [-0.05, 0) is 25.0 Å². The van der Waals surface area contributed by atoms with Crippen molar-refractivity contribution in [2.75, 3.05) is 19.0 Å². The van der Waals surface area contributed by atoms with Gasteiger partial charge in [0.1, 0.15) is 11.5 Å². The van der Waals surface area contributed by atoms with Gasteiger partial charge in [-0.25, -0.2) is 0 Å². The molecule has 0 bridgehead atoms. The molecule has 5 heteroatoms. The van der Waals surface area contributed by atoms with E-state index >= 15 is 0 Å². The van der Waals surface area contributed by atoms with Crippen LogP contribution in [0.25, 0.3) is 0 Å². The van der Waals surface area contributed by atoms with E-state index in [1.54, 1.807) is 12.1 Å². The predicted molar refractivity (Wildman–Crippen MR) is 70.0 cm³/mol. The summed E-state index contributed by atoms with van der Waals surface area (Å²) < 4.78 is 4.95. The smallest absolute Gasteiger partial charge is 0.255 e. The Bertz CT molecular complexity index is 382. The average Bonchev–Trinajstić information content (AvgIpc) is 2.34. The minimum atomic E-state index is -0.264. The molecule has 4 nitrogen and oxygen atoms in total. The number of alkyl halides is 1. The molecule has 0 aliphatic rings. The summed E-state index contributed by atoms with van der Waals surface area (Å²) in [5, 5.41) is 13.3. The number of hydrogen-bond acceptors (Lipinski definition) is 3. The van der Waals surface area contributed by atoms with Crippen LogP contribution in [0.4, 0.5) is 0 Å². The summed E-state index contributed by atoms with van der Waals surface area (Å²) in [6, 6.07) is 4.62. The Morgan fingerprint density at radius 2 is 2.24 bits per heavy atom. The number of methoxy groups -OCH3 is 1. The topological polar surface area (TPSA) is 58.6 Å². The fourth-order valence-corrected chi connectivity index (χ4v) is 1.74. The Morgan fingerprint density at radius 3 is 2.82 bits per heavy atom. The number of phenols is 1. The molecule has 0 aliphatic carbocycles. The molecule has 0 saturated heterocycles. The number of halogens is 1. The summed E-state index contributed by atoms with van der Waals surface area (Å²) in [4.78, 5) is 11.7. The maximum atomic E-state index is 11.7. The van der Waals surface area contributed by atoms with Crippen LogP contribution >= 0.6 is 15.9 Å². The van der Waals surface area contributed by atoms with E-state index < -0.39 is 0 Å². The molecule has 0 saturated carbocycles. The Balaban J connectivity index is 2.57. The number of nitrogens with one attached hydrogen (secondary N) is 1. The third kappa shape index (κ3) is 4.26. The number of unbranched alkanes of at least 4 members (excludes halogenated alkanes) is 1. The molecule has 0 fully saturated rings. The van der Waals surface area contributed by atoms with E-state index in [1.807, 2.05) is 0 Å². The highest BCUT2D eigenvalue weighted by Crippen LogP contribution is 2.23. The van der Waals surface area contributed by atoms with Crippen LogP contribution in [0, 0.1) is 0 Å². The van der Waals surface area contributed by atoms with E-state index in [-0.39, 0.29) is 17.2 Å². The van der Waals surface area contributed by atoms with Crippen LogP contribution in [-0.4, -0.2) is 30.0 Å². The van der Waals surface area contributed by atoms with Crippen LogP contribution in [0.2, 0.25) is 0 Å². The Labute approximate surface area is 109 Å². The molecule has 0 aliphatic heterocycles. The lowest BCUT2D eigenvalue weighted by Crippen LogP contribution is -2.24. The van der Waals surface area contributed by atoms with Gasteiger partial charge in [-0.2, -0.15) is 0 Å². The summed E-state index contributed by atoms with van der Waals surface area (Å²) in [6.07, 6.45) is 1.92. The molecule has 0 atom stereocenters. The van der Waals surface area contributed by atoms with Gasteiger partial charge in [0, 0.05) is 17.9 Å². The van der Waals surface area contributed by atoms with Gasteiger partial charge >= 0.3 is 0 Å². The standard InChI is InChI=1S/C12H16BrNO3/c1-17-9-4-5-10(11(15)8-9)12(16)14-7-3-2-6-13/h4-5,8,15H,2-3,6-7H2,1H3,(H,14,16). The SMILES string of the molecule is COc1ccc(C(=O)NCCCCBr)c(O)c1. The van der Waals surface area contributed by atoms with Crippen LogP contribution < -0.4 is 10.1 Å². The Morgan fingerprint density at radius 1 is 1.47 bits per heavy atom. The highest BCUT2D eigenvalue weighted by atomic mass is 79.9. The van der Waals surface area contributed by atoms with Crippen molar-refractivity contribution in [3.05, 3.63) is 23.8 Å². The molecule has 0 unspecified atom stereocenters. The summed E-state index contributed by atoms with van der Waals surface area (Å²) in [5.41, 5.74) is 0.268. The average molecular weight is 302 g/mol. The minimum Gasteiger partial charge on any atom is -0.507 e. The quantitative estimate of drug-likeness (QED) is 0.626. The van der Waals surface area contributed by atoms with Gasteiger partial charge < -0.3 is 15.2 Å². The number of phenolic OH excluding ortho intramolecular Hbond substituents is 1. The number of aromatic hydroxyl groups is 1. The summed E-state index contributed by atoms with van der Waals surface area (Å²) in [7, 11) is 1.51. The van der Waals surface area contributed by atoms with E-state index in [9.17, 15) is 9.90 Å². The first-order chi connectivity index (χ1) is 8.19. The molecule has 0 aromatic heterocycles. The summed E-state index contributed by atoms with van der Waals surface area (Å²) in [5.74, 6) is 0.195. The van der Waals surface area contributed by atoms with Crippen molar-refractivity contribution in [2.45, 2.75) is 12.8 Å². The summed E-state index contributed by atoms with van der Waals surface area (Å²) >= 11 is 3.32. The Hall–Kier alpha value is -1.23. The van der Waals surface area contributed by atoms with Gasteiger partial charge in [0.05, 0.1) is 12.7 Å². The second-order valence-electron chi connectivity index (χ2n) is 3.54. The number of carbonyl (C=O) groups excluding carboxylic acids is 1. The van der Waals surface area contributed by atoms with E-state index in [2.05, 4.69) is 21.2 Å². The van der Waals surface area contributed by atoms with E-state index in [4.69, 9.17) is 4.74 Å². The maximum Gasteiger partial charge on any atom is 0.255 e. The van der Waals surface area contributed by atoms with Gasteiger partial charge in [0.25, 0.3) is 5.91 Å². The lowest BCUT2D eigenvalue weighted by molar-refractivity contribution is 0.0950. The molecule has 17 heavy (non-hydrogen) atoms. The predicted octanol–water partition coefficient (Wildman–Crippen LogP) is 2.31. The monoisotopic (exact) mass is 301 g/mol. The first-order valence-corrected chi connectivity index (χ1v) is 6.52. The molecule has 0 heterocycles. The van der Waals surface area contributed by atoms with Gasteiger partial charge in [-0.15, -0.1) is 0 Å². The van der Waals surface area contributed by atoms with Crippen molar-refractivity contribution >= 4 is 21.8 Å². The number of hydrogen-bond donors (Lipinski definition) is 2. The highest BCUT2D eigenvalue weighted by molar-refractivity contribution is 9.09.